The number of fused-ring (bicyclic) bond motifs is 1. The molecular formula is C31H35FN8O5. The van der Waals surface area contributed by atoms with Crippen LogP contribution in [0.4, 0.5) is 10.2 Å². The molecule has 2 N–H and O–H groups in total. The number of pyridine rings is 1. The van der Waals surface area contributed by atoms with Crippen LogP contribution >= 0.6 is 0 Å². The topological polar surface area (TPSA) is 155 Å². The van der Waals surface area contributed by atoms with E-state index in [0.29, 0.717) is 61.7 Å². The maximum Gasteiger partial charge on any atom is 0.332 e. The van der Waals surface area contributed by atoms with Crippen molar-refractivity contribution < 1.29 is 18.8 Å². The maximum absolute atomic E-state index is 13.6. The molecule has 3 aromatic heterocycles. The first-order valence-corrected chi connectivity index (χ1v) is 15.0. The third-order valence-corrected chi connectivity index (χ3v) is 7.63. The normalized spacial score (nSPS) is 13.0. The average molecular weight is 619 g/mol. The van der Waals surface area contributed by atoms with Gasteiger partial charge in [0.2, 0.25) is 11.8 Å². The summed E-state index contributed by atoms with van der Waals surface area (Å²) in [4.78, 5) is 78.7. The SMILES string of the molecule is CCCn1c(=O)n(CCNC(C)=O)c(=O)c2[nH]c(-c3ccc(N(CCCN4CCCC4=O)C(=O)c4ccc(F)cc4)nc3)nc21. The van der Waals surface area contributed by atoms with Gasteiger partial charge in [-0.3, -0.25) is 33.2 Å². The fraction of sp³-hybridized carbons (Fsp3) is 0.387. The summed E-state index contributed by atoms with van der Waals surface area (Å²) in [5.74, 6) is -0.326. The van der Waals surface area contributed by atoms with Gasteiger partial charge in [-0.2, -0.15) is 0 Å². The molecule has 1 aliphatic heterocycles. The van der Waals surface area contributed by atoms with Crippen LogP contribution in [0.5, 0.6) is 0 Å². The molecule has 0 unspecified atom stereocenters. The number of nitrogens with one attached hydrogen (secondary N) is 2. The Hall–Kier alpha value is -5.14. The molecule has 0 atom stereocenters. The fourth-order valence-electron chi connectivity index (χ4n) is 5.38. The van der Waals surface area contributed by atoms with Gasteiger partial charge in [-0.05, 0) is 55.7 Å². The number of carbonyl (C=O) groups is 3. The fourth-order valence-corrected chi connectivity index (χ4v) is 5.38. The van der Waals surface area contributed by atoms with Crippen molar-refractivity contribution in [3.8, 4) is 11.4 Å². The summed E-state index contributed by atoms with van der Waals surface area (Å²) in [6, 6.07) is 8.62. The van der Waals surface area contributed by atoms with Crippen LogP contribution in [0.1, 0.15) is 49.9 Å². The van der Waals surface area contributed by atoms with E-state index in [1.54, 1.807) is 17.0 Å². The standard InChI is InChI=1S/C31H35FN8O5/c1-3-14-39-28-26(30(44)40(31(39)45)18-13-33-20(2)41)35-27(36-28)22-9-12-24(34-19-22)38(17-5-16-37-15-4-6-25(37)42)29(43)21-7-10-23(32)11-8-21/h7-12,19H,3-6,13-18H2,1-2H3,(H,33,41)(H,35,36). The number of rotatable bonds is 12. The number of imidazole rings is 1. The predicted octanol–water partition coefficient (Wildman–Crippen LogP) is 2.29. The van der Waals surface area contributed by atoms with Crippen molar-refractivity contribution in [2.24, 2.45) is 0 Å². The molecule has 4 heterocycles. The summed E-state index contributed by atoms with van der Waals surface area (Å²) >= 11 is 0. The van der Waals surface area contributed by atoms with Crippen LogP contribution in [-0.2, 0) is 22.7 Å². The van der Waals surface area contributed by atoms with E-state index in [2.05, 4.69) is 20.3 Å². The van der Waals surface area contributed by atoms with E-state index < -0.39 is 17.1 Å². The van der Waals surface area contributed by atoms with Crippen LogP contribution in [0.2, 0.25) is 0 Å². The molecule has 4 aromatic rings. The molecule has 0 aliphatic carbocycles. The number of anilines is 1. The van der Waals surface area contributed by atoms with Gasteiger partial charge >= 0.3 is 5.69 Å². The highest BCUT2D eigenvalue weighted by molar-refractivity contribution is 6.05. The lowest BCUT2D eigenvalue weighted by Gasteiger charge is -2.24. The van der Waals surface area contributed by atoms with E-state index in [9.17, 15) is 28.4 Å². The number of aryl methyl sites for hydroxylation is 1. The third kappa shape index (κ3) is 6.84. The molecule has 3 amide bonds. The Morgan fingerprint density at radius 2 is 1.82 bits per heavy atom. The molecular weight excluding hydrogens is 583 g/mol. The molecule has 0 radical (unpaired) electrons. The van der Waals surface area contributed by atoms with Gasteiger partial charge in [-0.1, -0.05) is 6.92 Å². The van der Waals surface area contributed by atoms with Crippen molar-refractivity contribution in [2.75, 3.05) is 31.1 Å². The van der Waals surface area contributed by atoms with E-state index in [0.717, 1.165) is 11.0 Å². The van der Waals surface area contributed by atoms with Crippen molar-refractivity contribution in [1.29, 1.82) is 0 Å². The zero-order valence-electron chi connectivity index (χ0n) is 25.2. The molecule has 13 nitrogen and oxygen atoms in total. The number of likely N-dealkylation sites (tertiary alicyclic amines) is 1. The second-order valence-corrected chi connectivity index (χ2v) is 10.9. The first kappa shape index (κ1) is 31.3. The third-order valence-electron chi connectivity index (χ3n) is 7.63. The van der Waals surface area contributed by atoms with Gasteiger partial charge in [0.15, 0.2) is 5.65 Å². The number of amides is 3. The summed E-state index contributed by atoms with van der Waals surface area (Å²) in [5, 5.41) is 2.60. The number of H-pyrrole nitrogens is 1. The molecule has 0 bridgehead atoms. The number of hydrogen-bond acceptors (Lipinski definition) is 7. The molecule has 5 rings (SSSR count). The molecule has 236 valence electrons. The number of aromatic amines is 1. The van der Waals surface area contributed by atoms with Crippen LogP contribution in [0.15, 0.2) is 52.2 Å². The van der Waals surface area contributed by atoms with Gasteiger partial charge < -0.3 is 15.2 Å². The van der Waals surface area contributed by atoms with E-state index >= 15 is 0 Å². The van der Waals surface area contributed by atoms with Gasteiger partial charge in [-0.15, -0.1) is 0 Å². The van der Waals surface area contributed by atoms with Crippen molar-refractivity contribution in [3.63, 3.8) is 0 Å². The lowest BCUT2D eigenvalue weighted by atomic mass is 10.1. The Morgan fingerprint density at radius 3 is 2.47 bits per heavy atom. The quantitative estimate of drug-likeness (QED) is 0.247. The van der Waals surface area contributed by atoms with Gasteiger partial charge in [0.05, 0.1) is 0 Å². The molecule has 1 saturated heterocycles. The summed E-state index contributed by atoms with van der Waals surface area (Å²) in [7, 11) is 0. The van der Waals surface area contributed by atoms with E-state index in [1.807, 2.05) is 6.92 Å². The summed E-state index contributed by atoms with van der Waals surface area (Å²) in [6.45, 7) is 5.20. The summed E-state index contributed by atoms with van der Waals surface area (Å²) < 4.78 is 16.1. The Labute approximate surface area is 257 Å². The number of benzene rings is 1. The Bertz CT molecular complexity index is 1830. The summed E-state index contributed by atoms with van der Waals surface area (Å²) in [6.07, 6.45) is 4.01. The van der Waals surface area contributed by atoms with Crippen molar-refractivity contribution in [3.05, 3.63) is 74.8 Å². The zero-order chi connectivity index (χ0) is 32.1. The van der Waals surface area contributed by atoms with Gasteiger partial charge in [0.1, 0.15) is 23.0 Å². The molecule has 1 aliphatic rings. The number of hydrogen-bond donors (Lipinski definition) is 2. The lowest BCUT2D eigenvalue weighted by molar-refractivity contribution is -0.127. The van der Waals surface area contributed by atoms with Crippen molar-refractivity contribution >= 4 is 34.7 Å². The molecule has 45 heavy (non-hydrogen) atoms. The molecule has 0 saturated carbocycles. The van der Waals surface area contributed by atoms with Gasteiger partial charge in [0.25, 0.3) is 11.5 Å². The monoisotopic (exact) mass is 618 g/mol. The number of aromatic nitrogens is 5. The van der Waals surface area contributed by atoms with Crippen LogP contribution in [0, 0.1) is 5.82 Å². The highest BCUT2D eigenvalue weighted by Gasteiger charge is 2.23. The smallest absolute Gasteiger partial charge is 0.332 e. The van der Waals surface area contributed by atoms with Crippen molar-refractivity contribution in [2.45, 2.75) is 52.6 Å². The Balaban J connectivity index is 1.44. The van der Waals surface area contributed by atoms with Crippen LogP contribution in [-0.4, -0.2) is 72.9 Å². The maximum atomic E-state index is 13.6. The van der Waals surface area contributed by atoms with Crippen molar-refractivity contribution in [1.82, 2.24) is 34.3 Å². The average Bonchev–Trinajstić information content (AvgIpc) is 3.66. The van der Waals surface area contributed by atoms with Crippen LogP contribution in [0.25, 0.3) is 22.6 Å². The number of nitrogens with zero attached hydrogens (tertiary/aromatic N) is 6. The lowest BCUT2D eigenvalue weighted by Crippen LogP contribution is -2.42. The molecule has 0 spiro atoms. The second kappa shape index (κ2) is 13.7. The minimum absolute atomic E-state index is 0.00530. The number of carbonyl (C=O) groups excluding carboxylic acids is 3. The highest BCUT2D eigenvalue weighted by Crippen LogP contribution is 2.22. The Kier molecular flexibility index (Phi) is 9.50. The first-order valence-electron chi connectivity index (χ1n) is 15.0. The number of halogens is 1. The minimum atomic E-state index is -0.552. The van der Waals surface area contributed by atoms with Gasteiger partial charge in [-0.25, -0.2) is 19.2 Å². The second-order valence-electron chi connectivity index (χ2n) is 10.9. The van der Waals surface area contributed by atoms with Crippen LogP contribution < -0.4 is 21.5 Å². The highest BCUT2D eigenvalue weighted by atomic mass is 19.1. The predicted molar refractivity (Wildman–Crippen MR) is 165 cm³/mol. The minimum Gasteiger partial charge on any atom is -0.355 e. The zero-order valence-corrected chi connectivity index (χ0v) is 25.2. The molecule has 1 fully saturated rings. The molecule has 1 aromatic carbocycles. The Morgan fingerprint density at radius 1 is 1.04 bits per heavy atom. The van der Waals surface area contributed by atoms with E-state index in [-0.39, 0.29) is 48.5 Å². The summed E-state index contributed by atoms with van der Waals surface area (Å²) in [5.41, 5.74) is 0.105. The van der Waals surface area contributed by atoms with Crippen LogP contribution in [0.3, 0.4) is 0 Å². The van der Waals surface area contributed by atoms with E-state index in [1.165, 1.54) is 46.9 Å². The van der Waals surface area contributed by atoms with Gasteiger partial charge in [0, 0.05) is 69.9 Å². The first-order chi connectivity index (χ1) is 21.7. The van der Waals surface area contributed by atoms with E-state index in [4.69, 9.17) is 0 Å². The molecule has 14 heteroatoms. The largest absolute Gasteiger partial charge is 0.355 e.